The van der Waals surface area contributed by atoms with Gasteiger partial charge in [-0.1, -0.05) is 12.1 Å². The first-order valence-corrected chi connectivity index (χ1v) is 14.7. The van der Waals surface area contributed by atoms with E-state index in [1.54, 1.807) is 17.4 Å². The van der Waals surface area contributed by atoms with Gasteiger partial charge in [0.25, 0.3) is 0 Å². The molecule has 0 saturated carbocycles. The van der Waals surface area contributed by atoms with Crippen molar-refractivity contribution in [2.45, 2.75) is 18.9 Å². The first kappa shape index (κ1) is 26.5. The molecule has 6 rings (SSSR count). The maximum Gasteiger partial charge on any atom is 0.339 e. The third kappa shape index (κ3) is 5.74. The van der Waals surface area contributed by atoms with Crippen LogP contribution in [0.4, 0.5) is 28.8 Å². The normalized spacial score (nSPS) is 17.2. The van der Waals surface area contributed by atoms with Gasteiger partial charge in [-0.05, 0) is 67.7 Å². The van der Waals surface area contributed by atoms with Gasteiger partial charge in [0.1, 0.15) is 0 Å². The van der Waals surface area contributed by atoms with Crippen molar-refractivity contribution in [1.29, 1.82) is 0 Å². The van der Waals surface area contributed by atoms with Gasteiger partial charge in [-0.3, -0.25) is 4.90 Å². The van der Waals surface area contributed by atoms with E-state index in [4.69, 9.17) is 14.7 Å². The molecule has 4 heterocycles. The number of piperidine rings is 1. The molecule has 0 radical (unpaired) electrons. The van der Waals surface area contributed by atoms with Crippen LogP contribution in [-0.4, -0.2) is 85.2 Å². The average molecular weight is 558 g/mol. The van der Waals surface area contributed by atoms with Gasteiger partial charge in [-0.25, -0.2) is 9.78 Å². The lowest BCUT2D eigenvalue weighted by atomic mass is 10.0. The van der Waals surface area contributed by atoms with Crippen LogP contribution >= 0.6 is 11.3 Å². The van der Waals surface area contributed by atoms with Crippen LogP contribution in [-0.2, 0) is 4.74 Å². The summed E-state index contributed by atoms with van der Waals surface area (Å²) in [6, 6.07) is 18.5. The lowest BCUT2D eigenvalue weighted by Crippen LogP contribution is -2.52. The second-order valence-electron chi connectivity index (χ2n) is 10.4. The number of aromatic nitrogens is 2. The summed E-state index contributed by atoms with van der Waals surface area (Å²) < 4.78 is 5.87. The number of piperazine rings is 1. The summed E-state index contributed by atoms with van der Waals surface area (Å²) in [5, 5.41) is 8.68. The minimum atomic E-state index is -0.401. The molecule has 208 valence electrons. The maximum atomic E-state index is 12.3. The minimum absolute atomic E-state index is 0.401. The molecule has 2 aromatic carbocycles. The molecule has 2 aliphatic rings. The largest absolute Gasteiger partial charge is 0.465 e. The van der Waals surface area contributed by atoms with Crippen molar-refractivity contribution in [3.63, 3.8) is 0 Å². The summed E-state index contributed by atoms with van der Waals surface area (Å²) >= 11 is 1.55. The highest BCUT2D eigenvalue weighted by atomic mass is 32.1. The number of methoxy groups -OCH3 is 1. The summed E-state index contributed by atoms with van der Waals surface area (Å²) in [7, 11) is 3.60. The average Bonchev–Trinajstić information content (AvgIpc) is 3.47. The molecule has 2 aliphatic heterocycles. The van der Waals surface area contributed by atoms with Crippen molar-refractivity contribution in [2.75, 3.05) is 69.0 Å². The number of anilines is 5. The number of rotatable bonds is 7. The minimum Gasteiger partial charge on any atom is -0.465 e. The molecule has 0 atom stereocenters. The van der Waals surface area contributed by atoms with Crippen molar-refractivity contribution in [3.05, 3.63) is 65.5 Å². The van der Waals surface area contributed by atoms with Gasteiger partial charge in [0.15, 0.2) is 5.82 Å². The molecule has 9 nitrogen and oxygen atoms in total. The molecule has 40 heavy (non-hydrogen) atoms. The molecule has 2 N–H and O–H groups in total. The van der Waals surface area contributed by atoms with E-state index >= 15 is 0 Å². The van der Waals surface area contributed by atoms with Gasteiger partial charge in [0.05, 0.1) is 28.6 Å². The van der Waals surface area contributed by atoms with E-state index in [2.05, 4.69) is 56.6 Å². The Bertz CT molecular complexity index is 1460. The van der Waals surface area contributed by atoms with Crippen LogP contribution in [0.3, 0.4) is 0 Å². The second kappa shape index (κ2) is 11.8. The van der Waals surface area contributed by atoms with Gasteiger partial charge >= 0.3 is 5.97 Å². The lowest BCUT2D eigenvalue weighted by molar-refractivity contribution is 0.0602. The molecule has 0 spiro atoms. The summed E-state index contributed by atoms with van der Waals surface area (Å²) in [4.78, 5) is 29.4. The van der Waals surface area contributed by atoms with E-state index in [0.29, 0.717) is 29.1 Å². The van der Waals surface area contributed by atoms with Gasteiger partial charge < -0.3 is 25.2 Å². The fraction of sp³-hybridized carbons (Fsp3) is 0.367. The molecule has 2 fully saturated rings. The molecule has 0 bridgehead atoms. The summed E-state index contributed by atoms with van der Waals surface area (Å²) in [5.41, 5.74) is 4.09. The number of carbonyl (C=O) groups excluding carboxylic acids is 1. The monoisotopic (exact) mass is 557 g/mol. The van der Waals surface area contributed by atoms with Crippen LogP contribution in [0.1, 0.15) is 23.2 Å². The van der Waals surface area contributed by atoms with Crippen molar-refractivity contribution in [2.24, 2.45) is 0 Å². The molecule has 0 amide bonds. The van der Waals surface area contributed by atoms with Crippen molar-refractivity contribution in [3.8, 4) is 0 Å². The topological polar surface area (TPSA) is 85.9 Å². The fourth-order valence-corrected chi connectivity index (χ4v) is 6.35. The Labute approximate surface area is 238 Å². The van der Waals surface area contributed by atoms with Crippen LogP contribution in [0.25, 0.3) is 10.2 Å². The Balaban J connectivity index is 1.13. The quantitative estimate of drug-likeness (QED) is 0.299. The zero-order chi connectivity index (χ0) is 27.5. The molecular weight excluding hydrogens is 522 g/mol. The number of esters is 1. The van der Waals surface area contributed by atoms with Crippen LogP contribution in [0.5, 0.6) is 0 Å². The lowest BCUT2D eigenvalue weighted by Gasteiger charge is -2.42. The Kier molecular flexibility index (Phi) is 7.81. The molecule has 0 aliphatic carbocycles. The molecular formula is C30H35N7O2S. The van der Waals surface area contributed by atoms with Crippen LogP contribution in [0, 0.1) is 0 Å². The zero-order valence-electron chi connectivity index (χ0n) is 23.0. The molecule has 2 saturated heterocycles. The predicted octanol–water partition coefficient (Wildman–Crippen LogP) is 5.18. The smallest absolute Gasteiger partial charge is 0.339 e. The molecule has 2 aromatic heterocycles. The highest BCUT2D eigenvalue weighted by molar-refractivity contribution is 7.17. The molecule has 10 heteroatoms. The number of fused-ring (bicyclic) bond motifs is 1. The number of benzene rings is 2. The number of carbonyl (C=O) groups is 1. The third-order valence-electron chi connectivity index (χ3n) is 7.90. The third-order valence-corrected chi connectivity index (χ3v) is 8.81. The zero-order valence-corrected chi connectivity index (χ0v) is 23.8. The predicted molar refractivity (Wildman–Crippen MR) is 163 cm³/mol. The standard InChI is InChI=1S/C30H35N7O2S/c1-35-16-18-37(19-17-35)23-11-14-36(15-12-23)22-9-7-21(8-10-22)31-30-33-26-13-20-40-27(26)28(34-30)32-25-6-4-3-5-24(25)29(38)39-2/h3-10,13,20,23H,11-12,14-19H2,1-2H3,(H2,31,32,33,34). The van der Waals surface area contributed by atoms with E-state index in [-0.39, 0.29) is 0 Å². The van der Waals surface area contributed by atoms with Gasteiger partial charge in [-0.15, -0.1) is 11.3 Å². The number of nitrogens with one attached hydrogen (secondary N) is 2. The van der Waals surface area contributed by atoms with E-state index in [9.17, 15) is 4.79 Å². The van der Waals surface area contributed by atoms with Crippen molar-refractivity contribution >= 4 is 56.4 Å². The van der Waals surface area contributed by atoms with Gasteiger partial charge in [-0.2, -0.15) is 4.98 Å². The Hall–Kier alpha value is -3.73. The second-order valence-corrected chi connectivity index (χ2v) is 11.3. The number of ether oxygens (including phenoxy) is 1. The van der Waals surface area contributed by atoms with Gasteiger partial charge in [0.2, 0.25) is 5.95 Å². The number of hydrogen-bond acceptors (Lipinski definition) is 10. The van der Waals surface area contributed by atoms with E-state index in [1.165, 1.54) is 51.8 Å². The number of hydrogen-bond donors (Lipinski definition) is 2. The highest BCUT2D eigenvalue weighted by Crippen LogP contribution is 2.32. The number of likely N-dealkylation sites (N-methyl/N-ethyl adjacent to an activating group) is 1. The fourth-order valence-electron chi connectivity index (χ4n) is 5.57. The van der Waals surface area contributed by atoms with Crippen molar-refractivity contribution in [1.82, 2.24) is 19.8 Å². The molecule has 0 unspecified atom stereocenters. The van der Waals surface area contributed by atoms with Crippen molar-refractivity contribution < 1.29 is 9.53 Å². The van der Waals surface area contributed by atoms with Crippen LogP contribution < -0.4 is 15.5 Å². The number of thiophene rings is 1. The van der Waals surface area contributed by atoms with E-state index in [1.807, 2.05) is 29.6 Å². The van der Waals surface area contributed by atoms with Crippen LogP contribution in [0.2, 0.25) is 0 Å². The number of para-hydroxylation sites is 1. The summed E-state index contributed by atoms with van der Waals surface area (Å²) in [6.07, 6.45) is 2.43. The van der Waals surface area contributed by atoms with Gasteiger partial charge in [0, 0.05) is 56.7 Å². The van der Waals surface area contributed by atoms with E-state index in [0.717, 1.165) is 29.0 Å². The Morgan fingerprint density at radius 2 is 1.68 bits per heavy atom. The molecule has 4 aromatic rings. The highest BCUT2D eigenvalue weighted by Gasteiger charge is 2.26. The Morgan fingerprint density at radius 3 is 2.42 bits per heavy atom. The summed E-state index contributed by atoms with van der Waals surface area (Å²) in [6.45, 7) is 6.91. The summed E-state index contributed by atoms with van der Waals surface area (Å²) in [5.74, 6) is 0.727. The first-order valence-electron chi connectivity index (χ1n) is 13.8. The first-order chi connectivity index (χ1) is 19.6. The Morgan fingerprint density at radius 1 is 0.925 bits per heavy atom. The number of nitrogens with zero attached hydrogens (tertiary/aromatic N) is 5. The maximum absolute atomic E-state index is 12.3. The van der Waals surface area contributed by atoms with Crippen LogP contribution in [0.15, 0.2) is 60.0 Å². The SMILES string of the molecule is COC(=O)c1ccccc1Nc1nc(Nc2ccc(N3CCC(N4CCN(C)CC4)CC3)cc2)nc2ccsc12. The van der Waals surface area contributed by atoms with E-state index < -0.39 is 5.97 Å².